The summed E-state index contributed by atoms with van der Waals surface area (Å²) in [5, 5.41) is 38.0. The number of aliphatic hydroxyl groups is 3. The van der Waals surface area contributed by atoms with E-state index >= 15 is 0 Å². The lowest BCUT2D eigenvalue weighted by Crippen LogP contribution is -2.78. The number of amides is 1. The third-order valence-corrected chi connectivity index (χ3v) is 8.52. The molecule has 0 aromatic carbocycles. The van der Waals surface area contributed by atoms with Gasteiger partial charge in [-0.15, -0.1) is 6.58 Å². The van der Waals surface area contributed by atoms with Crippen molar-refractivity contribution in [1.29, 1.82) is 0 Å². The molecule has 2 rings (SSSR count). The zero-order valence-corrected chi connectivity index (χ0v) is 22.1. The van der Waals surface area contributed by atoms with Gasteiger partial charge >= 0.3 is 6.09 Å². The van der Waals surface area contributed by atoms with Crippen LogP contribution in [0.3, 0.4) is 0 Å². The average molecular weight is 483 g/mol. The fraction of sp³-hybridized carbons (Fsp3) is 0.846. The third kappa shape index (κ3) is 4.92. The van der Waals surface area contributed by atoms with E-state index in [4.69, 9.17) is 4.74 Å². The summed E-state index contributed by atoms with van der Waals surface area (Å²) < 4.78 is 5.67. The van der Waals surface area contributed by atoms with Crippen molar-refractivity contribution in [3.63, 3.8) is 0 Å². The molecule has 8 nitrogen and oxygen atoms in total. The number of rotatable bonds is 9. The minimum absolute atomic E-state index is 0.0377. The van der Waals surface area contributed by atoms with Gasteiger partial charge in [0.15, 0.2) is 5.78 Å². The summed E-state index contributed by atoms with van der Waals surface area (Å²) in [4.78, 5) is 28.4. The Labute approximate surface area is 204 Å². The van der Waals surface area contributed by atoms with E-state index in [9.17, 15) is 24.9 Å². The summed E-state index contributed by atoms with van der Waals surface area (Å²) in [5.74, 6) is -4.08. The van der Waals surface area contributed by atoms with E-state index in [2.05, 4.69) is 11.9 Å². The Morgan fingerprint density at radius 1 is 1.24 bits per heavy atom. The second kappa shape index (κ2) is 10.2. The molecule has 0 saturated heterocycles. The van der Waals surface area contributed by atoms with Gasteiger partial charge in [0, 0.05) is 25.3 Å². The monoisotopic (exact) mass is 482 g/mol. The Kier molecular flexibility index (Phi) is 8.67. The van der Waals surface area contributed by atoms with Crippen LogP contribution in [0.1, 0.15) is 66.7 Å². The molecule has 0 heterocycles. The summed E-state index contributed by atoms with van der Waals surface area (Å²) in [6.45, 7) is 14.0. The van der Waals surface area contributed by atoms with Crippen molar-refractivity contribution in [2.45, 2.75) is 84.2 Å². The quantitative estimate of drug-likeness (QED) is 0.227. The zero-order chi connectivity index (χ0) is 26.1. The van der Waals surface area contributed by atoms with E-state index in [1.807, 2.05) is 39.8 Å². The molecule has 0 aromatic heterocycles. The molecular weight excluding hydrogens is 436 g/mol. The molecule has 2 aliphatic rings. The maximum atomic E-state index is 13.7. The second-order valence-electron chi connectivity index (χ2n) is 11.7. The number of hydrogen-bond acceptors (Lipinski definition) is 7. The lowest BCUT2D eigenvalue weighted by Gasteiger charge is -2.67. The predicted octanol–water partition coefficient (Wildman–Crippen LogP) is 2.71. The van der Waals surface area contributed by atoms with Gasteiger partial charge in [0.25, 0.3) is 0 Å². The molecule has 2 aliphatic carbocycles. The molecule has 196 valence electrons. The SMILES string of the molecule is C=C[C@@H](C)CC(=O)[C@@]1(O)[C@@H](C)C[C@@H](O)[C@H]2C(C)(C)CC[C@@](O)(OC(=O)NCCCN(C)C)[C@@]21C. The topological polar surface area (TPSA) is 119 Å². The number of carbonyl (C=O) groups is 2. The van der Waals surface area contributed by atoms with E-state index in [0.717, 1.165) is 6.54 Å². The van der Waals surface area contributed by atoms with Crippen molar-refractivity contribution in [2.24, 2.45) is 28.6 Å². The highest BCUT2D eigenvalue weighted by Gasteiger charge is 2.76. The molecule has 2 saturated carbocycles. The third-order valence-electron chi connectivity index (χ3n) is 8.52. The molecule has 0 aromatic rings. The standard InChI is InChI=1S/C26H46N2O6/c1-9-17(2)15-20(30)26(33)18(3)16-19(29)21-23(4,5)11-12-25(32,24(21,26)6)34-22(31)27-13-10-14-28(7)8/h9,17-19,21,29,32-33H,1,10-16H2,2-8H3,(H,27,31)/t17-,18+,19-,21+,24-,25-,26+/m1/s1. The van der Waals surface area contributed by atoms with Gasteiger partial charge in [-0.2, -0.15) is 0 Å². The van der Waals surface area contributed by atoms with Crippen LogP contribution >= 0.6 is 0 Å². The minimum atomic E-state index is -2.14. The van der Waals surface area contributed by atoms with Gasteiger partial charge in [0.1, 0.15) is 5.60 Å². The largest absolute Gasteiger partial charge is 0.416 e. The number of carbonyl (C=O) groups excluding carboxylic acids is 2. The number of ether oxygens (including phenoxy) is 1. The van der Waals surface area contributed by atoms with Crippen LogP contribution in [0.25, 0.3) is 0 Å². The van der Waals surface area contributed by atoms with Crippen LogP contribution in [0, 0.1) is 28.6 Å². The average Bonchev–Trinajstić information content (AvgIpc) is 2.72. The van der Waals surface area contributed by atoms with E-state index in [1.165, 1.54) is 0 Å². The normalized spacial score (nSPS) is 38.0. The molecule has 0 unspecified atom stereocenters. The van der Waals surface area contributed by atoms with Crippen molar-refractivity contribution >= 4 is 11.9 Å². The highest BCUT2D eigenvalue weighted by atomic mass is 16.7. The van der Waals surface area contributed by atoms with Gasteiger partial charge < -0.3 is 30.3 Å². The smallest absolute Gasteiger partial charge is 0.409 e. The van der Waals surface area contributed by atoms with Gasteiger partial charge in [0.05, 0.1) is 11.5 Å². The summed E-state index contributed by atoms with van der Waals surface area (Å²) in [6.07, 6.45) is 1.42. The van der Waals surface area contributed by atoms with Crippen LogP contribution in [0.5, 0.6) is 0 Å². The predicted molar refractivity (Wildman–Crippen MR) is 131 cm³/mol. The first-order valence-corrected chi connectivity index (χ1v) is 12.5. The molecule has 0 spiro atoms. The Morgan fingerprint density at radius 2 is 1.85 bits per heavy atom. The molecule has 1 amide bonds. The number of Topliss-reactive ketones (excluding diaryl/α,β-unsaturated/α-hetero) is 1. The van der Waals surface area contributed by atoms with Crippen molar-refractivity contribution in [3.8, 4) is 0 Å². The van der Waals surface area contributed by atoms with E-state index < -0.39 is 52.0 Å². The fourth-order valence-electron chi connectivity index (χ4n) is 6.58. The number of aliphatic hydroxyl groups excluding tert-OH is 1. The van der Waals surface area contributed by atoms with Gasteiger partial charge in [-0.05, 0) is 64.1 Å². The number of fused-ring (bicyclic) bond motifs is 1. The van der Waals surface area contributed by atoms with Gasteiger partial charge in [-0.25, -0.2) is 4.79 Å². The maximum Gasteiger partial charge on any atom is 0.409 e. The van der Waals surface area contributed by atoms with E-state index in [0.29, 0.717) is 19.4 Å². The lowest BCUT2D eigenvalue weighted by atomic mass is 9.41. The Hall–Kier alpha value is -1.48. The first-order chi connectivity index (χ1) is 15.6. The van der Waals surface area contributed by atoms with Crippen LogP contribution in [0.4, 0.5) is 4.79 Å². The minimum Gasteiger partial charge on any atom is -0.416 e. The maximum absolute atomic E-state index is 13.7. The summed E-state index contributed by atoms with van der Waals surface area (Å²) in [5.41, 5.74) is -4.14. The summed E-state index contributed by atoms with van der Waals surface area (Å²) in [7, 11) is 3.87. The first kappa shape index (κ1) is 28.8. The molecule has 34 heavy (non-hydrogen) atoms. The van der Waals surface area contributed by atoms with Crippen LogP contribution in [-0.4, -0.2) is 76.8 Å². The van der Waals surface area contributed by atoms with Crippen LogP contribution < -0.4 is 5.32 Å². The molecule has 8 heteroatoms. The number of nitrogens with one attached hydrogen (secondary N) is 1. The molecule has 0 radical (unpaired) electrons. The molecule has 2 fully saturated rings. The van der Waals surface area contributed by atoms with Gasteiger partial charge in [0.2, 0.25) is 5.79 Å². The molecule has 0 bridgehead atoms. The van der Waals surface area contributed by atoms with E-state index in [1.54, 1.807) is 19.9 Å². The Morgan fingerprint density at radius 3 is 2.41 bits per heavy atom. The van der Waals surface area contributed by atoms with Crippen LogP contribution in [0.15, 0.2) is 12.7 Å². The molecule has 0 aliphatic heterocycles. The van der Waals surface area contributed by atoms with Gasteiger partial charge in [-0.3, -0.25) is 4.79 Å². The summed E-state index contributed by atoms with van der Waals surface area (Å²) in [6, 6.07) is 0. The molecule has 4 N–H and O–H groups in total. The fourth-order valence-corrected chi connectivity index (χ4v) is 6.58. The number of ketones is 1. The van der Waals surface area contributed by atoms with Crippen molar-refractivity contribution in [3.05, 3.63) is 12.7 Å². The van der Waals surface area contributed by atoms with Crippen molar-refractivity contribution in [2.75, 3.05) is 27.2 Å². The van der Waals surface area contributed by atoms with Crippen LogP contribution in [-0.2, 0) is 9.53 Å². The second-order valence-corrected chi connectivity index (χ2v) is 11.7. The number of alkyl carbamates (subject to hydrolysis) is 1. The van der Waals surface area contributed by atoms with Gasteiger partial charge in [-0.1, -0.05) is 33.8 Å². The number of hydrogen-bond donors (Lipinski definition) is 4. The molecule has 7 atom stereocenters. The van der Waals surface area contributed by atoms with Crippen molar-refractivity contribution < 1.29 is 29.6 Å². The lowest BCUT2D eigenvalue weighted by molar-refractivity contribution is -0.361. The first-order valence-electron chi connectivity index (χ1n) is 12.5. The Balaban J connectivity index is 2.49. The number of allylic oxidation sites excluding steroid dienone is 1. The summed E-state index contributed by atoms with van der Waals surface area (Å²) >= 11 is 0. The molecular formula is C26H46N2O6. The van der Waals surface area contributed by atoms with Crippen molar-refractivity contribution in [1.82, 2.24) is 10.2 Å². The van der Waals surface area contributed by atoms with Crippen LogP contribution in [0.2, 0.25) is 0 Å². The number of nitrogens with zero attached hydrogens (tertiary/aromatic N) is 1. The Bertz CT molecular complexity index is 770. The zero-order valence-electron chi connectivity index (χ0n) is 22.1. The highest BCUT2D eigenvalue weighted by molar-refractivity contribution is 5.89. The van der Waals surface area contributed by atoms with E-state index in [-0.39, 0.29) is 25.2 Å². The highest BCUT2D eigenvalue weighted by Crippen LogP contribution is 2.66.